The van der Waals surface area contributed by atoms with E-state index in [9.17, 15) is 0 Å². The van der Waals surface area contributed by atoms with Crippen molar-refractivity contribution in [2.75, 3.05) is 7.05 Å². The van der Waals surface area contributed by atoms with E-state index in [-0.39, 0.29) is 5.92 Å². The molecule has 4 heterocycles. The third kappa shape index (κ3) is 2.95. The van der Waals surface area contributed by atoms with Gasteiger partial charge in [-0.2, -0.15) is 4.98 Å². The second kappa shape index (κ2) is 6.73. The van der Waals surface area contributed by atoms with Gasteiger partial charge in [0, 0.05) is 35.1 Å². The molecule has 2 aliphatic heterocycles. The van der Waals surface area contributed by atoms with Crippen molar-refractivity contribution in [3.8, 4) is 11.4 Å². The van der Waals surface area contributed by atoms with Crippen molar-refractivity contribution in [3.63, 3.8) is 0 Å². The predicted molar refractivity (Wildman–Crippen MR) is 104 cm³/mol. The lowest BCUT2D eigenvalue weighted by atomic mass is 9.76. The molecule has 27 heavy (non-hydrogen) atoms. The normalized spacial score (nSPS) is 27.8. The number of likely N-dealkylation sites (N-methyl/N-ethyl adjacent to an activating group) is 1. The van der Waals surface area contributed by atoms with Gasteiger partial charge in [0.05, 0.1) is 5.92 Å². The molecule has 2 unspecified atom stereocenters. The van der Waals surface area contributed by atoms with Gasteiger partial charge in [-0.05, 0) is 62.1 Å². The number of nitrogens with zero attached hydrogens (tertiary/aromatic N) is 4. The molecule has 0 spiro atoms. The summed E-state index contributed by atoms with van der Waals surface area (Å²) in [4.78, 5) is 11.4. The first-order valence-corrected chi connectivity index (χ1v) is 9.80. The molecule has 4 atom stereocenters. The zero-order chi connectivity index (χ0) is 18.4. The maximum Gasteiger partial charge on any atom is 0.232 e. The van der Waals surface area contributed by atoms with Crippen LogP contribution in [-0.2, 0) is 0 Å². The minimum absolute atomic E-state index is 0.193. The lowest BCUT2D eigenvalue weighted by molar-refractivity contribution is 0.120. The van der Waals surface area contributed by atoms with E-state index in [0.717, 1.165) is 22.9 Å². The summed E-state index contributed by atoms with van der Waals surface area (Å²) in [7, 11) is 2.23. The first-order chi connectivity index (χ1) is 13.2. The van der Waals surface area contributed by atoms with Crippen LogP contribution in [0.1, 0.15) is 42.6 Å². The first kappa shape index (κ1) is 16.9. The maximum atomic E-state index is 6.11. The molecule has 2 aromatic heterocycles. The van der Waals surface area contributed by atoms with E-state index in [4.69, 9.17) is 21.1 Å². The fraction of sp³-hybridized carbons (Fsp3) is 0.381. The standard InChI is InChI=1S/C21H21ClN4O/c1-26-16-6-7-18(26)19(17(12-16)13-2-4-15(22)5-3-13)21-24-20(25-27-21)14-8-10-23-11-9-14/h2-5,8-11,16-19H,6-7,12H2,1H3/t16-,17?,18+,19?/m0/s1. The van der Waals surface area contributed by atoms with Crippen molar-refractivity contribution in [2.24, 2.45) is 0 Å². The summed E-state index contributed by atoms with van der Waals surface area (Å²) in [5, 5.41) is 5.03. The average molecular weight is 381 g/mol. The summed E-state index contributed by atoms with van der Waals surface area (Å²) in [6.45, 7) is 0. The molecular weight excluding hydrogens is 360 g/mol. The topological polar surface area (TPSA) is 55.1 Å². The minimum atomic E-state index is 0.193. The highest BCUT2D eigenvalue weighted by Crippen LogP contribution is 2.50. The Hall–Kier alpha value is -2.24. The lowest BCUT2D eigenvalue weighted by Gasteiger charge is -2.41. The Bertz CT molecular complexity index is 927. The third-order valence-electron chi connectivity index (χ3n) is 6.23. The van der Waals surface area contributed by atoms with Crippen molar-refractivity contribution in [2.45, 2.75) is 43.2 Å². The van der Waals surface area contributed by atoms with Gasteiger partial charge < -0.3 is 4.52 Å². The smallest absolute Gasteiger partial charge is 0.232 e. The van der Waals surface area contributed by atoms with E-state index in [1.54, 1.807) is 12.4 Å². The highest BCUT2D eigenvalue weighted by Gasteiger charge is 2.48. The van der Waals surface area contributed by atoms with Gasteiger partial charge in [-0.1, -0.05) is 28.9 Å². The van der Waals surface area contributed by atoms with E-state index in [0.29, 0.717) is 23.8 Å². The molecule has 138 valence electrons. The van der Waals surface area contributed by atoms with E-state index >= 15 is 0 Å². The fourth-order valence-corrected chi connectivity index (χ4v) is 4.97. The SMILES string of the molecule is CN1[C@H]2CC[C@@H]1C(c1nc(-c3ccncc3)no1)C(c1ccc(Cl)cc1)C2. The monoisotopic (exact) mass is 380 g/mol. The van der Waals surface area contributed by atoms with Crippen LogP contribution in [0.25, 0.3) is 11.4 Å². The molecule has 5 nitrogen and oxygen atoms in total. The first-order valence-electron chi connectivity index (χ1n) is 9.42. The highest BCUT2D eigenvalue weighted by molar-refractivity contribution is 6.30. The Morgan fingerprint density at radius 3 is 2.63 bits per heavy atom. The van der Waals surface area contributed by atoms with Crippen LogP contribution in [0.4, 0.5) is 0 Å². The van der Waals surface area contributed by atoms with Crippen LogP contribution in [-0.4, -0.2) is 39.2 Å². The summed E-state index contributed by atoms with van der Waals surface area (Å²) >= 11 is 6.11. The van der Waals surface area contributed by atoms with Gasteiger partial charge in [0.15, 0.2) is 0 Å². The van der Waals surface area contributed by atoms with Crippen molar-refractivity contribution in [1.29, 1.82) is 0 Å². The number of pyridine rings is 1. The van der Waals surface area contributed by atoms with Crippen LogP contribution in [0.3, 0.4) is 0 Å². The van der Waals surface area contributed by atoms with E-state index in [1.165, 1.54) is 18.4 Å². The van der Waals surface area contributed by atoms with Crippen molar-refractivity contribution in [3.05, 3.63) is 65.3 Å². The zero-order valence-corrected chi connectivity index (χ0v) is 15.9. The molecular formula is C21H21ClN4O. The molecule has 1 aromatic carbocycles. The summed E-state index contributed by atoms with van der Waals surface area (Å²) in [5.74, 6) is 1.92. The number of hydrogen-bond donors (Lipinski definition) is 0. The second-order valence-electron chi connectivity index (χ2n) is 7.58. The number of halogens is 1. The van der Waals surface area contributed by atoms with Gasteiger partial charge in [-0.25, -0.2) is 0 Å². The van der Waals surface area contributed by atoms with Gasteiger partial charge in [-0.15, -0.1) is 0 Å². The third-order valence-corrected chi connectivity index (χ3v) is 6.48. The Morgan fingerprint density at radius 2 is 1.85 bits per heavy atom. The summed E-state index contributed by atoms with van der Waals surface area (Å²) in [6, 6.07) is 13.1. The van der Waals surface area contributed by atoms with Crippen LogP contribution in [0.15, 0.2) is 53.3 Å². The van der Waals surface area contributed by atoms with Crippen molar-refractivity contribution < 1.29 is 4.52 Å². The van der Waals surface area contributed by atoms with E-state index in [1.807, 2.05) is 24.3 Å². The number of aromatic nitrogens is 3. The van der Waals surface area contributed by atoms with E-state index < -0.39 is 0 Å². The Balaban J connectivity index is 1.54. The minimum Gasteiger partial charge on any atom is -0.339 e. The molecule has 2 saturated heterocycles. The zero-order valence-electron chi connectivity index (χ0n) is 15.1. The van der Waals surface area contributed by atoms with Crippen molar-refractivity contribution in [1.82, 2.24) is 20.0 Å². The average Bonchev–Trinajstić information content (AvgIpc) is 3.26. The quantitative estimate of drug-likeness (QED) is 0.668. The molecule has 6 heteroatoms. The number of piperidine rings is 1. The summed E-state index contributed by atoms with van der Waals surface area (Å²) < 4.78 is 5.80. The molecule has 0 radical (unpaired) electrons. The molecule has 2 bridgehead atoms. The largest absolute Gasteiger partial charge is 0.339 e. The number of fused-ring (bicyclic) bond motifs is 2. The second-order valence-corrected chi connectivity index (χ2v) is 8.01. The Kier molecular flexibility index (Phi) is 4.21. The molecule has 3 aromatic rings. The summed E-state index contributed by atoms with van der Waals surface area (Å²) in [5.41, 5.74) is 2.23. The lowest BCUT2D eigenvalue weighted by Crippen LogP contribution is -2.44. The maximum absolute atomic E-state index is 6.11. The molecule has 0 saturated carbocycles. The van der Waals surface area contributed by atoms with Crippen LogP contribution in [0.2, 0.25) is 5.02 Å². The van der Waals surface area contributed by atoms with Gasteiger partial charge in [0.2, 0.25) is 11.7 Å². The van der Waals surface area contributed by atoms with Gasteiger partial charge in [-0.3, -0.25) is 9.88 Å². The molecule has 2 aliphatic rings. The van der Waals surface area contributed by atoms with Crippen LogP contribution in [0, 0.1) is 0 Å². The number of rotatable bonds is 3. The van der Waals surface area contributed by atoms with Gasteiger partial charge >= 0.3 is 0 Å². The molecule has 5 rings (SSSR count). The fourth-order valence-electron chi connectivity index (χ4n) is 4.85. The van der Waals surface area contributed by atoms with Crippen LogP contribution < -0.4 is 0 Å². The number of benzene rings is 1. The molecule has 0 aliphatic carbocycles. The molecule has 0 amide bonds. The highest BCUT2D eigenvalue weighted by atomic mass is 35.5. The van der Waals surface area contributed by atoms with Gasteiger partial charge in [0.25, 0.3) is 0 Å². The van der Waals surface area contributed by atoms with Crippen molar-refractivity contribution >= 4 is 11.6 Å². The molecule has 2 fully saturated rings. The van der Waals surface area contributed by atoms with E-state index in [2.05, 4.69) is 34.2 Å². The van der Waals surface area contributed by atoms with Crippen LogP contribution >= 0.6 is 11.6 Å². The summed E-state index contributed by atoms with van der Waals surface area (Å²) in [6.07, 6.45) is 7.00. The predicted octanol–water partition coefficient (Wildman–Crippen LogP) is 4.52. The van der Waals surface area contributed by atoms with Crippen LogP contribution in [0.5, 0.6) is 0 Å². The molecule has 0 N–H and O–H groups in total. The van der Waals surface area contributed by atoms with Gasteiger partial charge in [0.1, 0.15) is 0 Å². The Morgan fingerprint density at radius 1 is 1.07 bits per heavy atom. The Labute approximate surface area is 163 Å². The number of hydrogen-bond acceptors (Lipinski definition) is 5.